The summed E-state index contributed by atoms with van der Waals surface area (Å²) in [5.74, 6) is 0. The number of rotatable bonds is 1. The molecule has 0 aliphatic carbocycles. The summed E-state index contributed by atoms with van der Waals surface area (Å²) in [6, 6.07) is 0. The van der Waals surface area contributed by atoms with Gasteiger partial charge in [-0.25, -0.2) is 0 Å². The van der Waals surface area contributed by atoms with E-state index in [9.17, 15) is 9.90 Å². The van der Waals surface area contributed by atoms with Crippen molar-refractivity contribution in [1.29, 1.82) is 0 Å². The molecule has 4 atom stereocenters. The van der Waals surface area contributed by atoms with Crippen molar-refractivity contribution in [3.05, 3.63) is 0 Å². The highest BCUT2D eigenvalue weighted by Crippen LogP contribution is 2.27. The Balaban J connectivity index is 2.86. The quantitative estimate of drug-likeness (QED) is 0.389. The summed E-state index contributed by atoms with van der Waals surface area (Å²) in [5, 5.41) is 27.2. The molecule has 0 aromatic rings. The van der Waals surface area contributed by atoms with Gasteiger partial charge in [0.1, 0.15) is 6.10 Å². The van der Waals surface area contributed by atoms with E-state index in [1.54, 1.807) is 0 Å². The van der Waals surface area contributed by atoms with Gasteiger partial charge in [-0.15, -0.1) is 0 Å². The predicted octanol–water partition coefficient (Wildman–Crippen LogP) is -1.99. The van der Waals surface area contributed by atoms with Gasteiger partial charge in [-0.2, -0.15) is 0 Å². The van der Waals surface area contributed by atoms with E-state index in [-0.39, 0.29) is 6.29 Å². The SMILES string of the molecule is CC1OC(O)C(O)C1(O)C=O. The molecule has 1 saturated heterocycles. The lowest BCUT2D eigenvalue weighted by molar-refractivity contribution is -0.139. The van der Waals surface area contributed by atoms with Gasteiger partial charge in [-0.05, 0) is 6.92 Å². The van der Waals surface area contributed by atoms with Crippen molar-refractivity contribution in [2.75, 3.05) is 0 Å². The lowest BCUT2D eigenvalue weighted by Gasteiger charge is -2.21. The fraction of sp³-hybridized carbons (Fsp3) is 0.833. The van der Waals surface area contributed by atoms with Crippen LogP contribution in [0.5, 0.6) is 0 Å². The van der Waals surface area contributed by atoms with Gasteiger partial charge < -0.3 is 20.1 Å². The van der Waals surface area contributed by atoms with Crippen LogP contribution >= 0.6 is 0 Å². The van der Waals surface area contributed by atoms with Gasteiger partial charge in [0, 0.05) is 0 Å². The van der Waals surface area contributed by atoms with Gasteiger partial charge in [0.2, 0.25) is 0 Å². The second kappa shape index (κ2) is 2.53. The fourth-order valence-electron chi connectivity index (χ4n) is 1.03. The molecule has 64 valence electrons. The molecule has 1 heterocycles. The van der Waals surface area contributed by atoms with E-state index in [2.05, 4.69) is 4.74 Å². The maximum absolute atomic E-state index is 10.3. The molecule has 1 rings (SSSR count). The van der Waals surface area contributed by atoms with Crippen molar-refractivity contribution in [3.63, 3.8) is 0 Å². The van der Waals surface area contributed by atoms with Crippen LogP contribution in [0.2, 0.25) is 0 Å². The van der Waals surface area contributed by atoms with Gasteiger partial charge in [0.25, 0.3) is 0 Å². The second-order valence-electron chi connectivity index (χ2n) is 2.62. The van der Waals surface area contributed by atoms with Crippen LogP contribution in [0.4, 0.5) is 0 Å². The van der Waals surface area contributed by atoms with Gasteiger partial charge in [0.05, 0.1) is 6.10 Å². The van der Waals surface area contributed by atoms with E-state index in [0.717, 1.165) is 0 Å². The first kappa shape index (κ1) is 8.61. The zero-order valence-electron chi connectivity index (χ0n) is 5.97. The Bertz CT molecular complexity index is 170. The Morgan fingerprint density at radius 2 is 2.09 bits per heavy atom. The summed E-state index contributed by atoms with van der Waals surface area (Å²) in [4.78, 5) is 10.3. The van der Waals surface area contributed by atoms with E-state index in [4.69, 9.17) is 10.2 Å². The van der Waals surface area contributed by atoms with E-state index in [1.165, 1.54) is 6.92 Å². The van der Waals surface area contributed by atoms with Crippen LogP contribution in [0, 0.1) is 0 Å². The summed E-state index contributed by atoms with van der Waals surface area (Å²) >= 11 is 0. The van der Waals surface area contributed by atoms with Crippen molar-refractivity contribution in [2.24, 2.45) is 0 Å². The Hall–Kier alpha value is -0.490. The lowest BCUT2D eigenvalue weighted by atomic mass is 9.96. The first-order valence-electron chi connectivity index (χ1n) is 3.22. The summed E-state index contributed by atoms with van der Waals surface area (Å²) in [6.45, 7) is 1.40. The number of carbonyl (C=O) groups is 1. The normalized spacial score (nSPS) is 51.1. The Morgan fingerprint density at radius 1 is 1.55 bits per heavy atom. The zero-order valence-corrected chi connectivity index (χ0v) is 5.97. The van der Waals surface area contributed by atoms with E-state index in [1.807, 2.05) is 0 Å². The average Bonchev–Trinajstić information content (AvgIpc) is 2.16. The standard InChI is InChI=1S/C6H10O5/c1-3-6(10,2-7)4(8)5(9)11-3/h2-5,8-10H,1H3. The molecule has 3 N–H and O–H groups in total. The van der Waals surface area contributed by atoms with Gasteiger partial charge in [-0.1, -0.05) is 0 Å². The Kier molecular flexibility index (Phi) is 1.98. The maximum Gasteiger partial charge on any atom is 0.184 e. The Labute approximate surface area is 63.2 Å². The average molecular weight is 162 g/mol. The number of aldehydes is 1. The highest BCUT2D eigenvalue weighted by Gasteiger charge is 2.52. The van der Waals surface area contributed by atoms with Gasteiger partial charge >= 0.3 is 0 Å². The van der Waals surface area contributed by atoms with Crippen LogP contribution in [0.15, 0.2) is 0 Å². The molecule has 5 nitrogen and oxygen atoms in total. The minimum absolute atomic E-state index is 0.179. The monoisotopic (exact) mass is 162 g/mol. The van der Waals surface area contributed by atoms with E-state index in [0.29, 0.717) is 0 Å². The lowest BCUT2D eigenvalue weighted by Crippen LogP contribution is -2.48. The van der Waals surface area contributed by atoms with Crippen LogP contribution in [-0.4, -0.2) is 45.7 Å². The van der Waals surface area contributed by atoms with Crippen molar-refractivity contribution in [2.45, 2.75) is 31.0 Å². The van der Waals surface area contributed by atoms with Crippen molar-refractivity contribution >= 4 is 6.29 Å². The third-order valence-electron chi connectivity index (χ3n) is 1.93. The minimum atomic E-state index is -1.97. The van der Waals surface area contributed by atoms with Crippen LogP contribution in [-0.2, 0) is 9.53 Å². The molecule has 0 radical (unpaired) electrons. The number of hydrogen-bond acceptors (Lipinski definition) is 5. The molecule has 0 amide bonds. The summed E-state index contributed by atoms with van der Waals surface area (Å²) in [5.41, 5.74) is -1.97. The molecule has 0 saturated carbocycles. The number of ether oxygens (including phenoxy) is 1. The minimum Gasteiger partial charge on any atom is -0.384 e. The zero-order chi connectivity index (χ0) is 8.65. The molecule has 1 fully saturated rings. The number of aliphatic hydroxyl groups excluding tert-OH is 2. The topological polar surface area (TPSA) is 87.0 Å². The smallest absolute Gasteiger partial charge is 0.184 e. The maximum atomic E-state index is 10.3. The van der Waals surface area contributed by atoms with Gasteiger partial charge in [-0.3, -0.25) is 4.79 Å². The molecular formula is C6H10O5. The number of carbonyl (C=O) groups excluding carboxylic acids is 1. The van der Waals surface area contributed by atoms with Crippen molar-refractivity contribution < 1.29 is 24.9 Å². The number of hydrogen-bond donors (Lipinski definition) is 3. The Morgan fingerprint density at radius 3 is 2.27 bits per heavy atom. The fourth-order valence-corrected chi connectivity index (χ4v) is 1.03. The third kappa shape index (κ3) is 1.06. The first-order chi connectivity index (χ1) is 5.02. The van der Waals surface area contributed by atoms with E-state index >= 15 is 0 Å². The molecule has 0 aromatic carbocycles. The van der Waals surface area contributed by atoms with Gasteiger partial charge in [0.15, 0.2) is 18.2 Å². The summed E-state index contributed by atoms with van der Waals surface area (Å²) in [6.07, 6.45) is -3.75. The highest BCUT2D eigenvalue weighted by molar-refractivity contribution is 5.65. The van der Waals surface area contributed by atoms with E-state index < -0.39 is 24.1 Å². The summed E-state index contributed by atoms with van der Waals surface area (Å²) in [7, 11) is 0. The first-order valence-corrected chi connectivity index (χ1v) is 3.22. The molecule has 4 unspecified atom stereocenters. The molecule has 1 aliphatic heterocycles. The van der Waals surface area contributed by atoms with Crippen LogP contribution in [0.25, 0.3) is 0 Å². The second-order valence-corrected chi connectivity index (χ2v) is 2.62. The highest BCUT2D eigenvalue weighted by atomic mass is 16.6. The summed E-state index contributed by atoms with van der Waals surface area (Å²) < 4.78 is 4.60. The molecule has 5 heteroatoms. The molecule has 11 heavy (non-hydrogen) atoms. The predicted molar refractivity (Wildman–Crippen MR) is 33.6 cm³/mol. The molecule has 1 aliphatic rings. The molecular weight excluding hydrogens is 152 g/mol. The van der Waals surface area contributed by atoms with Crippen molar-refractivity contribution in [1.82, 2.24) is 0 Å². The third-order valence-corrected chi connectivity index (χ3v) is 1.93. The molecule has 0 spiro atoms. The number of aliphatic hydroxyl groups is 3. The van der Waals surface area contributed by atoms with Crippen LogP contribution in [0.3, 0.4) is 0 Å². The van der Waals surface area contributed by atoms with Crippen molar-refractivity contribution in [3.8, 4) is 0 Å². The molecule has 0 aromatic heterocycles. The molecule has 0 bridgehead atoms. The van der Waals surface area contributed by atoms with Crippen LogP contribution in [0.1, 0.15) is 6.92 Å². The largest absolute Gasteiger partial charge is 0.384 e. The van der Waals surface area contributed by atoms with Crippen LogP contribution < -0.4 is 0 Å².